The van der Waals surface area contributed by atoms with Crippen molar-refractivity contribution < 1.29 is 4.79 Å². The van der Waals surface area contributed by atoms with Crippen molar-refractivity contribution in [2.75, 3.05) is 5.32 Å². The molecule has 0 aliphatic heterocycles. The van der Waals surface area contributed by atoms with E-state index in [0.29, 0.717) is 12.3 Å². The number of hydrogen-bond donors (Lipinski definition) is 1. The van der Waals surface area contributed by atoms with E-state index < -0.39 is 0 Å². The van der Waals surface area contributed by atoms with Crippen molar-refractivity contribution in [3.8, 4) is 0 Å². The molecule has 1 saturated carbocycles. The molecule has 0 amide bonds. The predicted molar refractivity (Wildman–Crippen MR) is 83.4 cm³/mol. The van der Waals surface area contributed by atoms with Gasteiger partial charge in [-0.05, 0) is 43.9 Å². The van der Waals surface area contributed by atoms with Crippen molar-refractivity contribution in [1.82, 2.24) is 0 Å². The fourth-order valence-electron chi connectivity index (χ4n) is 2.97. The van der Waals surface area contributed by atoms with E-state index >= 15 is 0 Å². The van der Waals surface area contributed by atoms with E-state index in [1.807, 2.05) is 12.1 Å². The molecule has 0 aromatic heterocycles. The van der Waals surface area contributed by atoms with Crippen LogP contribution < -0.4 is 5.32 Å². The Hall–Kier alpha value is -0.830. The first kappa shape index (κ1) is 14.6. The van der Waals surface area contributed by atoms with Gasteiger partial charge in [-0.1, -0.05) is 41.3 Å². The maximum Gasteiger partial charge on any atom is 0.131 e. The summed E-state index contributed by atoms with van der Waals surface area (Å²) in [6.45, 7) is 1.69. The van der Waals surface area contributed by atoms with Gasteiger partial charge in [0.2, 0.25) is 0 Å². The highest BCUT2D eigenvalue weighted by Gasteiger charge is 2.24. The van der Waals surface area contributed by atoms with E-state index in [-0.39, 0.29) is 11.8 Å². The van der Waals surface area contributed by atoms with Gasteiger partial charge in [0.1, 0.15) is 5.78 Å². The van der Waals surface area contributed by atoms with Crippen molar-refractivity contribution in [1.29, 1.82) is 0 Å². The van der Waals surface area contributed by atoms with Crippen molar-refractivity contribution in [3.63, 3.8) is 0 Å². The van der Waals surface area contributed by atoms with Gasteiger partial charge in [0, 0.05) is 22.6 Å². The number of Topliss-reactive ketones (excluding diaryl/α,β-unsaturated/α-hetero) is 1. The molecule has 1 aromatic carbocycles. The topological polar surface area (TPSA) is 29.1 Å². The summed E-state index contributed by atoms with van der Waals surface area (Å²) in [5.41, 5.74) is 1.10. The molecule has 0 radical (unpaired) electrons. The summed E-state index contributed by atoms with van der Waals surface area (Å²) >= 11 is 3.49. The number of hydrogen-bond acceptors (Lipinski definition) is 2. The van der Waals surface area contributed by atoms with Gasteiger partial charge in [-0.15, -0.1) is 0 Å². The van der Waals surface area contributed by atoms with Gasteiger partial charge >= 0.3 is 0 Å². The number of ketones is 1. The molecule has 1 atom stereocenters. The molecule has 1 N–H and O–H groups in total. The summed E-state index contributed by atoms with van der Waals surface area (Å²) in [6.07, 6.45) is 7.09. The Kier molecular flexibility index (Phi) is 5.44. The highest BCUT2D eigenvalue weighted by molar-refractivity contribution is 9.10. The molecule has 1 aliphatic rings. The van der Waals surface area contributed by atoms with Crippen molar-refractivity contribution in [2.24, 2.45) is 5.92 Å². The second kappa shape index (κ2) is 7.09. The molecule has 2 nitrogen and oxygen atoms in total. The fraction of sp³-hybridized carbons (Fsp3) is 0.562. The van der Waals surface area contributed by atoms with Crippen LogP contribution in [0.25, 0.3) is 0 Å². The van der Waals surface area contributed by atoms with E-state index in [0.717, 1.165) is 10.2 Å². The Labute approximate surface area is 124 Å². The summed E-state index contributed by atoms with van der Waals surface area (Å²) in [7, 11) is 0. The number of halogens is 1. The second-order valence-corrected chi connectivity index (χ2v) is 6.48. The molecule has 0 unspecified atom stereocenters. The highest BCUT2D eigenvalue weighted by atomic mass is 79.9. The molecule has 1 aliphatic carbocycles. The van der Waals surface area contributed by atoms with Crippen LogP contribution in [0.2, 0.25) is 0 Å². The number of anilines is 1. The van der Waals surface area contributed by atoms with Crippen molar-refractivity contribution >= 4 is 27.4 Å². The van der Waals surface area contributed by atoms with Crippen LogP contribution in [0.5, 0.6) is 0 Å². The third kappa shape index (κ3) is 4.64. The number of carbonyl (C=O) groups excluding carboxylic acids is 1. The second-order valence-electron chi connectivity index (χ2n) is 5.57. The first-order valence-corrected chi connectivity index (χ1v) is 7.96. The number of carbonyl (C=O) groups is 1. The summed E-state index contributed by atoms with van der Waals surface area (Å²) in [4.78, 5) is 11.5. The summed E-state index contributed by atoms with van der Waals surface area (Å²) < 4.78 is 1.07. The minimum absolute atomic E-state index is 0.276. The molecule has 2 rings (SSSR count). The molecule has 0 bridgehead atoms. The van der Waals surface area contributed by atoms with Gasteiger partial charge in [-0.25, -0.2) is 0 Å². The van der Waals surface area contributed by atoms with Crippen molar-refractivity contribution in [2.45, 2.75) is 51.5 Å². The average molecular weight is 324 g/mol. The maximum absolute atomic E-state index is 11.5. The van der Waals surface area contributed by atoms with Crippen LogP contribution >= 0.6 is 15.9 Å². The van der Waals surface area contributed by atoms with E-state index in [2.05, 4.69) is 33.4 Å². The lowest BCUT2D eigenvalue weighted by Crippen LogP contribution is -2.32. The molecule has 1 fully saturated rings. The zero-order chi connectivity index (χ0) is 13.7. The van der Waals surface area contributed by atoms with E-state index in [1.165, 1.54) is 32.1 Å². The molecule has 0 saturated heterocycles. The normalized spacial score (nSPS) is 18.0. The smallest absolute Gasteiger partial charge is 0.131 e. The lowest BCUT2D eigenvalue weighted by Gasteiger charge is -2.31. The zero-order valence-corrected chi connectivity index (χ0v) is 13.1. The Balaban J connectivity index is 2.06. The van der Waals surface area contributed by atoms with Gasteiger partial charge < -0.3 is 5.32 Å². The molecule has 0 heterocycles. The highest BCUT2D eigenvalue weighted by Crippen LogP contribution is 2.30. The third-order valence-electron chi connectivity index (χ3n) is 3.90. The van der Waals surface area contributed by atoms with Gasteiger partial charge in [-0.2, -0.15) is 0 Å². The molecule has 19 heavy (non-hydrogen) atoms. The molecular weight excluding hydrogens is 302 g/mol. The van der Waals surface area contributed by atoms with Crippen LogP contribution in [-0.2, 0) is 4.79 Å². The van der Waals surface area contributed by atoms with Crippen LogP contribution in [0, 0.1) is 5.92 Å². The third-order valence-corrected chi connectivity index (χ3v) is 4.40. The average Bonchev–Trinajstić information content (AvgIpc) is 2.38. The van der Waals surface area contributed by atoms with E-state index in [4.69, 9.17) is 0 Å². The summed E-state index contributed by atoms with van der Waals surface area (Å²) in [6, 6.07) is 8.48. The van der Waals surface area contributed by atoms with Crippen LogP contribution in [0.4, 0.5) is 5.69 Å². The van der Waals surface area contributed by atoms with Gasteiger partial charge in [0.15, 0.2) is 0 Å². The Morgan fingerprint density at radius 1 is 1.37 bits per heavy atom. The van der Waals surface area contributed by atoms with Crippen LogP contribution in [0.1, 0.15) is 45.4 Å². The van der Waals surface area contributed by atoms with Gasteiger partial charge in [0.25, 0.3) is 0 Å². The first-order chi connectivity index (χ1) is 9.15. The minimum Gasteiger partial charge on any atom is -0.382 e. The van der Waals surface area contributed by atoms with Crippen LogP contribution in [0.15, 0.2) is 28.7 Å². The Bertz CT molecular complexity index is 427. The molecule has 0 spiro atoms. The predicted octanol–water partition coefficient (Wildman–Crippen LogP) is 4.79. The quantitative estimate of drug-likeness (QED) is 0.844. The SMILES string of the molecule is CC(=O)C[C@H](Nc1cccc(Br)c1)C1CCCCC1. The number of benzene rings is 1. The maximum atomic E-state index is 11.5. The van der Waals surface area contributed by atoms with Gasteiger partial charge in [-0.3, -0.25) is 4.79 Å². The standard InChI is InChI=1S/C16H22BrNO/c1-12(19)10-16(13-6-3-2-4-7-13)18-15-9-5-8-14(17)11-15/h5,8-9,11,13,16,18H,2-4,6-7,10H2,1H3/t16-/m0/s1. The molecular formula is C16H22BrNO. The summed E-state index contributed by atoms with van der Waals surface area (Å²) in [5, 5.41) is 3.57. The van der Waals surface area contributed by atoms with E-state index in [9.17, 15) is 4.79 Å². The monoisotopic (exact) mass is 323 g/mol. The summed E-state index contributed by atoms with van der Waals surface area (Å²) in [5.74, 6) is 0.912. The molecule has 104 valence electrons. The number of nitrogens with one attached hydrogen (secondary N) is 1. The van der Waals surface area contributed by atoms with E-state index in [1.54, 1.807) is 6.92 Å². The molecule has 1 aromatic rings. The Morgan fingerprint density at radius 2 is 2.11 bits per heavy atom. The van der Waals surface area contributed by atoms with Crippen molar-refractivity contribution in [3.05, 3.63) is 28.7 Å². The van der Waals surface area contributed by atoms with Gasteiger partial charge in [0.05, 0.1) is 0 Å². The minimum atomic E-state index is 0.276. The van der Waals surface area contributed by atoms with Crippen LogP contribution in [0.3, 0.4) is 0 Å². The Morgan fingerprint density at radius 3 is 2.74 bits per heavy atom. The largest absolute Gasteiger partial charge is 0.382 e. The molecule has 3 heteroatoms. The lowest BCUT2D eigenvalue weighted by atomic mass is 9.82. The lowest BCUT2D eigenvalue weighted by molar-refractivity contribution is -0.117. The number of rotatable bonds is 5. The fourth-order valence-corrected chi connectivity index (χ4v) is 3.37. The first-order valence-electron chi connectivity index (χ1n) is 7.16. The van der Waals surface area contributed by atoms with Crippen LogP contribution in [-0.4, -0.2) is 11.8 Å². The zero-order valence-electron chi connectivity index (χ0n) is 11.5.